The van der Waals surface area contributed by atoms with Crippen molar-refractivity contribution in [2.24, 2.45) is 0 Å². The van der Waals surface area contributed by atoms with E-state index in [9.17, 15) is 14.7 Å². The van der Waals surface area contributed by atoms with Gasteiger partial charge in [-0.25, -0.2) is 0 Å². The van der Waals surface area contributed by atoms with Crippen LogP contribution < -0.4 is 10.1 Å². The van der Waals surface area contributed by atoms with Crippen LogP contribution in [0.1, 0.15) is 35.7 Å². The van der Waals surface area contributed by atoms with Crippen LogP contribution in [-0.4, -0.2) is 47.6 Å². The van der Waals surface area contributed by atoms with Crippen LogP contribution >= 0.6 is 0 Å². The number of rotatable bonds is 6. The summed E-state index contributed by atoms with van der Waals surface area (Å²) < 4.78 is 5.41. The van der Waals surface area contributed by atoms with E-state index in [4.69, 9.17) is 4.74 Å². The number of hydrogen-bond acceptors (Lipinski definition) is 4. The molecule has 6 nitrogen and oxygen atoms in total. The molecule has 1 heterocycles. The van der Waals surface area contributed by atoms with Crippen LogP contribution in [0.5, 0.6) is 11.5 Å². The number of para-hydroxylation sites is 1. The van der Waals surface area contributed by atoms with Gasteiger partial charge in [-0.3, -0.25) is 9.59 Å². The maximum Gasteiger partial charge on any atom is 0.257 e. The molecule has 6 heteroatoms. The van der Waals surface area contributed by atoms with Crippen molar-refractivity contribution in [2.75, 3.05) is 19.7 Å². The Hall–Kier alpha value is -3.02. The predicted molar refractivity (Wildman–Crippen MR) is 106 cm³/mol. The van der Waals surface area contributed by atoms with Gasteiger partial charge in [-0.15, -0.1) is 0 Å². The van der Waals surface area contributed by atoms with E-state index in [0.717, 1.165) is 11.3 Å². The second kappa shape index (κ2) is 9.26. The number of phenolic OH excluding ortho intramolecular Hbond substituents is 1. The molecule has 28 heavy (non-hydrogen) atoms. The van der Waals surface area contributed by atoms with Gasteiger partial charge < -0.3 is 20.1 Å². The maximum absolute atomic E-state index is 12.5. The number of likely N-dealkylation sites (tertiary alicyclic amines) is 1. The van der Waals surface area contributed by atoms with Crippen molar-refractivity contribution in [3.8, 4) is 11.5 Å². The topological polar surface area (TPSA) is 78.9 Å². The van der Waals surface area contributed by atoms with Gasteiger partial charge in [0, 0.05) is 19.1 Å². The fourth-order valence-corrected chi connectivity index (χ4v) is 3.39. The quantitative estimate of drug-likeness (QED) is 0.805. The highest BCUT2D eigenvalue weighted by atomic mass is 16.5. The van der Waals surface area contributed by atoms with Crippen LogP contribution in [0.2, 0.25) is 0 Å². The molecule has 0 saturated carbocycles. The van der Waals surface area contributed by atoms with Crippen LogP contribution in [-0.2, 0) is 11.2 Å². The first kappa shape index (κ1) is 19.7. The number of phenols is 1. The molecule has 1 aliphatic heterocycles. The first-order valence-electron chi connectivity index (χ1n) is 9.65. The number of carbonyl (C=O) groups is 2. The highest BCUT2D eigenvalue weighted by molar-refractivity contribution is 5.96. The fourth-order valence-electron chi connectivity index (χ4n) is 3.39. The number of piperidine rings is 1. The lowest BCUT2D eigenvalue weighted by Gasteiger charge is -2.32. The molecule has 0 bridgehead atoms. The van der Waals surface area contributed by atoms with Crippen molar-refractivity contribution in [1.29, 1.82) is 0 Å². The second-order valence-electron chi connectivity index (χ2n) is 6.90. The molecule has 0 spiro atoms. The third-order valence-electron chi connectivity index (χ3n) is 4.88. The summed E-state index contributed by atoms with van der Waals surface area (Å²) in [6.45, 7) is 3.66. The van der Waals surface area contributed by atoms with Crippen LogP contribution in [0.3, 0.4) is 0 Å². The molecule has 1 fully saturated rings. The van der Waals surface area contributed by atoms with Crippen molar-refractivity contribution in [3.05, 3.63) is 59.7 Å². The highest BCUT2D eigenvalue weighted by Gasteiger charge is 2.25. The summed E-state index contributed by atoms with van der Waals surface area (Å²) in [5, 5.41) is 12.9. The van der Waals surface area contributed by atoms with Gasteiger partial charge in [-0.1, -0.05) is 24.3 Å². The van der Waals surface area contributed by atoms with Crippen molar-refractivity contribution < 1.29 is 19.4 Å². The van der Waals surface area contributed by atoms with E-state index in [-0.39, 0.29) is 23.6 Å². The van der Waals surface area contributed by atoms with Crippen molar-refractivity contribution >= 4 is 11.8 Å². The van der Waals surface area contributed by atoms with Gasteiger partial charge in [0.1, 0.15) is 11.5 Å². The Bertz CT molecular complexity index is 812. The molecule has 1 saturated heterocycles. The molecule has 0 radical (unpaired) electrons. The number of hydrogen-bond donors (Lipinski definition) is 2. The van der Waals surface area contributed by atoms with E-state index >= 15 is 0 Å². The third kappa shape index (κ3) is 5.03. The molecule has 148 valence electrons. The molecule has 1 aliphatic rings. The Morgan fingerprint density at radius 1 is 1.11 bits per heavy atom. The summed E-state index contributed by atoms with van der Waals surface area (Å²) in [6, 6.07) is 14.2. The fraction of sp³-hybridized carbons (Fsp3) is 0.364. The van der Waals surface area contributed by atoms with Crippen LogP contribution in [0, 0.1) is 0 Å². The van der Waals surface area contributed by atoms with Crippen molar-refractivity contribution in [3.63, 3.8) is 0 Å². The molecule has 0 aliphatic carbocycles. The van der Waals surface area contributed by atoms with E-state index < -0.39 is 0 Å². The molecule has 2 aromatic carbocycles. The Labute approximate surface area is 165 Å². The molecular weight excluding hydrogens is 356 g/mol. The van der Waals surface area contributed by atoms with Gasteiger partial charge in [-0.2, -0.15) is 0 Å². The number of nitrogens with one attached hydrogen (secondary N) is 1. The maximum atomic E-state index is 12.5. The van der Waals surface area contributed by atoms with E-state index in [1.165, 1.54) is 6.07 Å². The summed E-state index contributed by atoms with van der Waals surface area (Å²) in [7, 11) is 0. The van der Waals surface area contributed by atoms with Crippen LogP contribution in [0.15, 0.2) is 48.5 Å². The number of carbonyl (C=O) groups excluding carboxylic acids is 2. The third-order valence-corrected chi connectivity index (χ3v) is 4.88. The number of nitrogens with zero attached hydrogens (tertiary/aromatic N) is 1. The molecular formula is C22H26N2O4. The summed E-state index contributed by atoms with van der Waals surface area (Å²) in [5.41, 5.74) is 1.26. The van der Waals surface area contributed by atoms with Crippen molar-refractivity contribution in [1.82, 2.24) is 10.2 Å². The SMILES string of the molecule is CCOc1ccc(CC(=O)NC2CCN(C(=O)c3ccccc3O)CC2)cc1. The minimum Gasteiger partial charge on any atom is -0.507 e. The number of ether oxygens (including phenoxy) is 1. The molecule has 2 amide bonds. The normalized spacial score (nSPS) is 14.5. The lowest BCUT2D eigenvalue weighted by atomic mass is 10.0. The monoisotopic (exact) mass is 382 g/mol. The molecule has 2 aromatic rings. The van der Waals surface area contributed by atoms with E-state index in [1.807, 2.05) is 31.2 Å². The second-order valence-corrected chi connectivity index (χ2v) is 6.90. The van der Waals surface area contributed by atoms with Gasteiger partial charge in [-0.05, 0) is 49.6 Å². The molecule has 3 rings (SSSR count). The molecule has 2 N–H and O–H groups in total. The number of aromatic hydroxyl groups is 1. The van der Waals surface area contributed by atoms with Gasteiger partial charge >= 0.3 is 0 Å². The summed E-state index contributed by atoms with van der Waals surface area (Å²) in [5.74, 6) is 0.610. The average Bonchev–Trinajstić information content (AvgIpc) is 2.70. The first-order chi connectivity index (χ1) is 13.6. The van der Waals surface area contributed by atoms with Crippen LogP contribution in [0.4, 0.5) is 0 Å². The number of benzene rings is 2. The van der Waals surface area contributed by atoms with E-state index in [1.54, 1.807) is 23.1 Å². The standard InChI is InChI=1S/C22H26N2O4/c1-2-28-18-9-7-16(8-10-18)15-21(26)23-17-11-13-24(14-12-17)22(27)19-5-3-4-6-20(19)25/h3-10,17,25H,2,11-15H2,1H3,(H,23,26). The summed E-state index contributed by atoms with van der Waals surface area (Å²) in [4.78, 5) is 26.6. The largest absolute Gasteiger partial charge is 0.507 e. The predicted octanol–water partition coefficient (Wildman–Crippen LogP) is 2.75. The Morgan fingerprint density at radius 3 is 2.43 bits per heavy atom. The molecule has 0 aromatic heterocycles. The minimum absolute atomic E-state index is 0.00159. The highest BCUT2D eigenvalue weighted by Crippen LogP contribution is 2.20. The molecule has 0 atom stereocenters. The van der Waals surface area contributed by atoms with E-state index in [2.05, 4.69) is 5.32 Å². The lowest BCUT2D eigenvalue weighted by molar-refractivity contribution is -0.121. The van der Waals surface area contributed by atoms with Crippen molar-refractivity contribution in [2.45, 2.75) is 32.2 Å². The van der Waals surface area contributed by atoms with E-state index in [0.29, 0.717) is 44.5 Å². The Kier molecular flexibility index (Phi) is 6.53. The Balaban J connectivity index is 1.46. The molecule has 0 unspecified atom stereocenters. The summed E-state index contributed by atoms with van der Waals surface area (Å²) in [6.07, 6.45) is 1.73. The zero-order valence-corrected chi connectivity index (χ0v) is 16.1. The smallest absolute Gasteiger partial charge is 0.257 e. The summed E-state index contributed by atoms with van der Waals surface area (Å²) >= 11 is 0. The van der Waals surface area contributed by atoms with Gasteiger partial charge in [0.2, 0.25) is 5.91 Å². The first-order valence-corrected chi connectivity index (χ1v) is 9.65. The lowest BCUT2D eigenvalue weighted by Crippen LogP contribution is -2.46. The van der Waals surface area contributed by atoms with Gasteiger partial charge in [0.15, 0.2) is 0 Å². The van der Waals surface area contributed by atoms with Crippen LogP contribution in [0.25, 0.3) is 0 Å². The number of amides is 2. The average molecular weight is 382 g/mol. The van der Waals surface area contributed by atoms with Gasteiger partial charge in [0.05, 0.1) is 18.6 Å². The van der Waals surface area contributed by atoms with Gasteiger partial charge in [0.25, 0.3) is 5.91 Å². The zero-order chi connectivity index (χ0) is 19.9. The minimum atomic E-state index is -0.169. The zero-order valence-electron chi connectivity index (χ0n) is 16.1. The Morgan fingerprint density at radius 2 is 1.79 bits per heavy atom.